The summed E-state index contributed by atoms with van der Waals surface area (Å²) in [4.78, 5) is 7.39. The summed E-state index contributed by atoms with van der Waals surface area (Å²) < 4.78 is 0. The molecule has 1 aromatic carbocycles. The van der Waals surface area contributed by atoms with Gasteiger partial charge in [-0.15, -0.1) is 10.2 Å². The molecule has 0 amide bonds. The summed E-state index contributed by atoms with van der Waals surface area (Å²) in [5.74, 6) is 1.63. The molecular formula is C23H31N5. The number of benzene rings is 1. The maximum Gasteiger partial charge on any atom is 0.243 e. The van der Waals surface area contributed by atoms with Crippen LogP contribution in [0.5, 0.6) is 0 Å². The Bertz CT molecular complexity index is 874. The largest absolute Gasteiger partial charge is 0.349 e. The van der Waals surface area contributed by atoms with Crippen molar-refractivity contribution in [2.75, 3.05) is 25.0 Å². The lowest BCUT2D eigenvalue weighted by atomic mass is 9.96. The molecule has 5 rings (SSSR count). The van der Waals surface area contributed by atoms with E-state index in [9.17, 15) is 0 Å². The van der Waals surface area contributed by atoms with Crippen molar-refractivity contribution in [3.63, 3.8) is 0 Å². The summed E-state index contributed by atoms with van der Waals surface area (Å²) in [6.07, 6.45) is 8.95. The number of aryl methyl sites for hydroxylation is 2. The van der Waals surface area contributed by atoms with Crippen molar-refractivity contribution >= 4 is 5.95 Å². The molecule has 3 aliphatic rings. The van der Waals surface area contributed by atoms with Crippen molar-refractivity contribution in [3.8, 4) is 11.3 Å². The Hall–Kier alpha value is -2.01. The molecular weight excluding hydrogens is 346 g/mol. The molecule has 5 heteroatoms. The molecule has 1 unspecified atom stereocenters. The van der Waals surface area contributed by atoms with Gasteiger partial charge in [-0.1, -0.05) is 12.1 Å². The molecule has 1 N–H and O–H groups in total. The Morgan fingerprint density at radius 2 is 1.96 bits per heavy atom. The van der Waals surface area contributed by atoms with E-state index < -0.39 is 0 Å². The number of anilines is 1. The summed E-state index contributed by atoms with van der Waals surface area (Å²) in [6, 6.07) is 4.91. The van der Waals surface area contributed by atoms with Gasteiger partial charge in [0, 0.05) is 24.7 Å². The highest BCUT2D eigenvalue weighted by atomic mass is 15.3. The van der Waals surface area contributed by atoms with Crippen LogP contribution < -0.4 is 5.32 Å². The zero-order valence-corrected chi connectivity index (χ0v) is 17.2. The first-order chi connectivity index (χ1) is 13.7. The van der Waals surface area contributed by atoms with Gasteiger partial charge in [-0.3, -0.25) is 0 Å². The molecule has 1 aliphatic heterocycles. The summed E-state index contributed by atoms with van der Waals surface area (Å²) in [7, 11) is 0. The van der Waals surface area contributed by atoms with Gasteiger partial charge in [-0.2, -0.15) is 0 Å². The summed E-state index contributed by atoms with van der Waals surface area (Å²) >= 11 is 0. The first-order valence-corrected chi connectivity index (χ1v) is 11.0. The minimum Gasteiger partial charge on any atom is -0.349 e. The van der Waals surface area contributed by atoms with Gasteiger partial charge in [-0.05, 0) is 87.9 Å². The number of hydrogen-bond acceptors (Lipinski definition) is 5. The molecule has 0 radical (unpaired) electrons. The highest BCUT2D eigenvalue weighted by Crippen LogP contribution is 2.33. The van der Waals surface area contributed by atoms with Crippen LogP contribution in [0.1, 0.15) is 54.5 Å². The SMILES string of the molecule is Cc1nc(NC2CCCN(CC3CC3)C2)nnc1-c1ccc2c(c1C)CCC2. The number of piperidine rings is 1. The number of hydrogen-bond donors (Lipinski definition) is 1. The van der Waals surface area contributed by atoms with Gasteiger partial charge in [0.25, 0.3) is 0 Å². The molecule has 1 saturated carbocycles. The fourth-order valence-corrected chi connectivity index (χ4v) is 5.01. The number of likely N-dealkylation sites (tertiary alicyclic amines) is 1. The quantitative estimate of drug-likeness (QED) is 0.856. The first-order valence-electron chi connectivity index (χ1n) is 11.0. The van der Waals surface area contributed by atoms with Crippen LogP contribution in [0.2, 0.25) is 0 Å². The topological polar surface area (TPSA) is 53.9 Å². The minimum absolute atomic E-state index is 0.432. The van der Waals surface area contributed by atoms with E-state index in [0.29, 0.717) is 12.0 Å². The van der Waals surface area contributed by atoms with Crippen LogP contribution in [0.3, 0.4) is 0 Å². The fourth-order valence-electron chi connectivity index (χ4n) is 5.01. The number of rotatable bonds is 5. The zero-order valence-electron chi connectivity index (χ0n) is 17.2. The highest BCUT2D eigenvalue weighted by molar-refractivity contribution is 5.68. The monoisotopic (exact) mass is 377 g/mol. The van der Waals surface area contributed by atoms with Crippen LogP contribution in [0.25, 0.3) is 11.3 Å². The van der Waals surface area contributed by atoms with E-state index in [4.69, 9.17) is 4.98 Å². The van der Waals surface area contributed by atoms with Gasteiger partial charge < -0.3 is 10.2 Å². The lowest BCUT2D eigenvalue weighted by Gasteiger charge is -2.33. The molecule has 148 valence electrons. The summed E-state index contributed by atoms with van der Waals surface area (Å²) in [6.45, 7) is 7.90. The molecule has 2 heterocycles. The average molecular weight is 378 g/mol. The lowest BCUT2D eigenvalue weighted by molar-refractivity contribution is 0.208. The third-order valence-corrected chi connectivity index (χ3v) is 6.74. The van der Waals surface area contributed by atoms with Gasteiger partial charge >= 0.3 is 0 Å². The smallest absolute Gasteiger partial charge is 0.243 e. The molecule has 2 aliphatic carbocycles. The van der Waals surface area contributed by atoms with Crippen LogP contribution in [0.15, 0.2) is 12.1 Å². The Morgan fingerprint density at radius 1 is 1.07 bits per heavy atom. The molecule has 1 atom stereocenters. The third kappa shape index (κ3) is 3.64. The van der Waals surface area contributed by atoms with Crippen LogP contribution in [0, 0.1) is 19.8 Å². The fraction of sp³-hybridized carbons (Fsp3) is 0.609. The van der Waals surface area contributed by atoms with Crippen LogP contribution >= 0.6 is 0 Å². The summed E-state index contributed by atoms with van der Waals surface area (Å²) in [5.41, 5.74) is 7.46. The molecule has 5 nitrogen and oxygen atoms in total. The second-order valence-electron chi connectivity index (χ2n) is 8.99. The van der Waals surface area contributed by atoms with E-state index in [0.717, 1.165) is 23.9 Å². The maximum atomic E-state index is 4.77. The zero-order chi connectivity index (χ0) is 19.1. The van der Waals surface area contributed by atoms with Gasteiger partial charge in [0.1, 0.15) is 5.69 Å². The van der Waals surface area contributed by atoms with Crippen molar-refractivity contribution in [2.24, 2.45) is 5.92 Å². The van der Waals surface area contributed by atoms with Crippen molar-refractivity contribution < 1.29 is 0 Å². The second-order valence-corrected chi connectivity index (χ2v) is 8.99. The maximum absolute atomic E-state index is 4.77. The molecule has 2 fully saturated rings. The van der Waals surface area contributed by atoms with E-state index in [2.05, 4.69) is 46.4 Å². The van der Waals surface area contributed by atoms with E-state index in [-0.39, 0.29) is 0 Å². The molecule has 0 spiro atoms. The molecule has 2 aromatic rings. The second kappa shape index (κ2) is 7.43. The number of nitrogens with one attached hydrogen (secondary N) is 1. The van der Waals surface area contributed by atoms with E-state index >= 15 is 0 Å². The Labute approximate surface area is 168 Å². The van der Waals surface area contributed by atoms with Crippen molar-refractivity contribution in [2.45, 2.75) is 64.8 Å². The van der Waals surface area contributed by atoms with E-state index in [1.54, 1.807) is 0 Å². The van der Waals surface area contributed by atoms with Gasteiger partial charge in [-0.25, -0.2) is 4.98 Å². The predicted molar refractivity (Wildman–Crippen MR) is 113 cm³/mol. The van der Waals surface area contributed by atoms with E-state index in [1.807, 2.05) is 0 Å². The van der Waals surface area contributed by atoms with Crippen molar-refractivity contribution in [1.29, 1.82) is 0 Å². The normalized spacial score (nSPS) is 22.3. The number of nitrogens with zero attached hydrogens (tertiary/aromatic N) is 4. The molecule has 1 aromatic heterocycles. The Kier molecular flexibility index (Phi) is 4.79. The Balaban J connectivity index is 1.31. The summed E-state index contributed by atoms with van der Waals surface area (Å²) in [5, 5.41) is 12.6. The third-order valence-electron chi connectivity index (χ3n) is 6.74. The van der Waals surface area contributed by atoms with Gasteiger partial charge in [0.15, 0.2) is 0 Å². The molecule has 28 heavy (non-hydrogen) atoms. The van der Waals surface area contributed by atoms with Gasteiger partial charge in [0.2, 0.25) is 5.95 Å². The Morgan fingerprint density at radius 3 is 2.79 bits per heavy atom. The average Bonchev–Trinajstić information content (AvgIpc) is 3.36. The molecule has 1 saturated heterocycles. The van der Waals surface area contributed by atoms with E-state index in [1.165, 1.54) is 80.3 Å². The van der Waals surface area contributed by atoms with Crippen molar-refractivity contribution in [3.05, 3.63) is 34.5 Å². The molecule has 0 bridgehead atoms. The standard InChI is InChI=1S/C23H31N5/c1-15-20-7-3-5-18(20)10-11-21(15)22-16(2)24-23(27-26-22)25-19-6-4-12-28(14-19)13-17-8-9-17/h10-11,17,19H,3-9,12-14H2,1-2H3,(H,24,25,27). The minimum atomic E-state index is 0.432. The van der Waals surface area contributed by atoms with Crippen molar-refractivity contribution in [1.82, 2.24) is 20.1 Å². The lowest BCUT2D eigenvalue weighted by Crippen LogP contribution is -2.43. The predicted octanol–water partition coefficient (Wildman–Crippen LogP) is 3.93. The van der Waals surface area contributed by atoms with Crippen LogP contribution in [-0.4, -0.2) is 45.8 Å². The van der Waals surface area contributed by atoms with Crippen LogP contribution in [0.4, 0.5) is 5.95 Å². The number of fused-ring (bicyclic) bond motifs is 1. The number of aromatic nitrogens is 3. The first kappa shape index (κ1) is 18.0. The van der Waals surface area contributed by atoms with Crippen LogP contribution in [-0.2, 0) is 12.8 Å². The highest BCUT2D eigenvalue weighted by Gasteiger charge is 2.28. The van der Waals surface area contributed by atoms with Gasteiger partial charge in [0.05, 0.1) is 5.69 Å².